The first kappa shape index (κ1) is 11.2. The molecule has 0 bridgehead atoms. The maximum absolute atomic E-state index is 12.7. The molecular weight excluding hydrogens is 215 g/mol. The summed E-state index contributed by atoms with van der Waals surface area (Å²) in [5, 5.41) is 1.04. The van der Waals surface area contributed by atoms with Gasteiger partial charge in [0.15, 0.2) is 0 Å². The molecule has 74 valence electrons. The van der Waals surface area contributed by atoms with Crippen molar-refractivity contribution in [2.45, 2.75) is 0 Å². The molecule has 0 aliphatic rings. The van der Waals surface area contributed by atoms with E-state index in [2.05, 4.69) is 13.2 Å². The van der Waals surface area contributed by atoms with Crippen molar-refractivity contribution in [2.24, 2.45) is 0 Å². The highest BCUT2D eigenvalue weighted by Crippen LogP contribution is 2.09. The van der Waals surface area contributed by atoms with Gasteiger partial charge in [0, 0.05) is 5.50 Å². The van der Waals surface area contributed by atoms with Crippen LogP contribution >= 0.6 is 11.6 Å². The van der Waals surface area contributed by atoms with Gasteiger partial charge in [-0.25, -0.2) is 4.39 Å². The Balaban J connectivity index is 3.17. The van der Waals surface area contributed by atoms with Crippen molar-refractivity contribution in [1.29, 1.82) is 0 Å². The van der Waals surface area contributed by atoms with Crippen LogP contribution in [0.2, 0.25) is 0 Å². The predicted octanol–water partition coefficient (Wildman–Crippen LogP) is 2.71. The summed E-state index contributed by atoms with van der Waals surface area (Å²) in [4.78, 5) is 0. The third kappa shape index (κ3) is 1.96. The molecule has 1 rings (SSSR count). The van der Waals surface area contributed by atoms with Crippen LogP contribution in [-0.2, 0) is 0 Å². The van der Waals surface area contributed by atoms with Crippen molar-refractivity contribution in [3.63, 3.8) is 0 Å². The van der Waals surface area contributed by atoms with Crippen molar-refractivity contribution in [3.05, 3.63) is 54.6 Å². The zero-order chi connectivity index (χ0) is 10.6. The largest absolute Gasteiger partial charge is 0.207 e. The molecule has 0 saturated heterocycles. The van der Waals surface area contributed by atoms with Crippen LogP contribution in [0.3, 0.4) is 0 Å². The first-order valence-corrected chi connectivity index (χ1v) is 7.17. The van der Waals surface area contributed by atoms with Gasteiger partial charge in [-0.15, -0.1) is 24.8 Å². The Morgan fingerprint density at radius 1 is 1.21 bits per heavy atom. The van der Waals surface area contributed by atoms with Crippen molar-refractivity contribution in [1.82, 2.24) is 0 Å². The Morgan fingerprint density at radius 2 is 1.71 bits per heavy atom. The summed E-state index contributed by atoms with van der Waals surface area (Å²) >= 11 is 5.92. The lowest BCUT2D eigenvalue weighted by Crippen LogP contribution is -2.46. The minimum atomic E-state index is -1.99. The SMILES string of the molecule is C=C[Si](C=C)(CCl)c1ccc(F)cc1. The zero-order valence-electron chi connectivity index (χ0n) is 7.84. The molecule has 0 radical (unpaired) electrons. The molecule has 0 heterocycles. The molecule has 0 N–H and O–H groups in total. The molecule has 1 aromatic rings. The van der Waals surface area contributed by atoms with E-state index >= 15 is 0 Å². The second-order valence-electron chi connectivity index (χ2n) is 3.09. The summed E-state index contributed by atoms with van der Waals surface area (Å²) in [6.45, 7) is 7.57. The molecule has 0 aliphatic carbocycles. The van der Waals surface area contributed by atoms with E-state index in [1.807, 2.05) is 11.4 Å². The molecule has 0 fully saturated rings. The number of hydrogen-bond donors (Lipinski definition) is 0. The predicted molar refractivity (Wildman–Crippen MR) is 62.9 cm³/mol. The molecule has 14 heavy (non-hydrogen) atoms. The van der Waals surface area contributed by atoms with Crippen LogP contribution in [0.4, 0.5) is 4.39 Å². The number of hydrogen-bond acceptors (Lipinski definition) is 0. The van der Waals surface area contributed by atoms with E-state index in [9.17, 15) is 4.39 Å². The quantitative estimate of drug-likeness (QED) is 0.547. The van der Waals surface area contributed by atoms with Crippen molar-refractivity contribution >= 4 is 24.9 Å². The summed E-state index contributed by atoms with van der Waals surface area (Å²) in [7, 11) is -1.99. The van der Waals surface area contributed by atoms with Crippen LogP contribution in [0, 0.1) is 5.82 Å². The Labute approximate surface area is 89.7 Å². The zero-order valence-corrected chi connectivity index (χ0v) is 9.60. The van der Waals surface area contributed by atoms with Gasteiger partial charge in [-0.1, -0.05) is 23.5 Å². The molecule has 1 aromatic carbocycles. The topological polar surface area (TPSA) is 0 Å². The fourth-order valence-electron chi connectivity index (χ4n) is 1.27. The summed E-state index contributed by atoms with van der Waals surface area (Å²) in [6.07, 6.45) is 0. The standard InChI is InChI=1S/C11H12ClFSi/c1-3-14(4-2,9-12)11-7-5-10(13)6-8-11/h3-8H,1-2,9H2. The highest BCUT2D eigenvalue weighted by molar-refractivity contribution is 7.03. The number of rotatable bonds is 4. The van der Waals surface area contributed by atoms with Crippen LogP contribution in [0.1, 0.15) is 0 Å². The molecular formula is C11H12ClFSi. The van der Waals surface area contributed by atoms with E-state index in [1.165, 1.54) is 12.1 Å². The summed E-state index contributed by atoms with van der Waals surface area (Å²) in [5.74, 6) is -0.237. The second-order valence-corrected chi connectivity index (χ2v) is 7.63. The van der Waals surface area contributed by atoms with Gasteiger partial charge in [-0.3, -0.25) is 0 Å². The average Bonchev–Trinajstić information content (AvgIpc) is 2.24. The molecule has 0 atom stereocenters. The third-order valence-corrected chi connectivity index (χ3v) is 6.97. The molecule has 0 nitrogen and oxygen atoms in total. The minimum Gasteiger partial charge on any atom is -0.207 e. The lowest BCUT2D eigenvalue weighted by atomic mass is 10.3. The fraction of sp³-hybridized carbons (Fsp3) is 0.0909. The number of alkyl halides is 1. The first-order chi connectivity index (χ1) is 6.68. The van der Waals surface area contributed by atoms with Crippen LogP contribution < -0.4 is 5.19 Å². The van der Waals surface area contributed by atoms with E-state index in [1.54, 1.807) is 12.1 Å². The monoisotopic (exact) mass is 226 g/mol. The highest BCUT2D eigenvalue weighted by Gasteiger charge is 2.26. The van der Waals surface area contributed by atoms with Crippen LogP contribution in [0.25, 0.3) is 0 Å². The van der Waals surface area contributed by atoms with E-state index < -0.39 is 8.07 Å². The third-order valence-electron chi connectivity index (χ3n) is 2.33. The van der Waals surface area contributed by atoms with Crippen molar-refractivity contribution in [2.75, 3.05) is 5.50 Å². The Hall–Kier alpha value is -0.863. The lowest BCUT2D eigenvalue weighted by Gasteiger charge is -2.21. The van der Waals surface area contributed by atoms with Gasteiger partial charge in [0.05, 0.1) is 0 Å². The number of benzene rings is 1. The maximum Gasteiger partial charge on any atom is 0.147 e. The molecule has 0 aliphatic heterocycles. The van der Waals surface area contributed by atoms with Crippen LogP contribution in [0.15, 0.2) is 48.8 Å². The van der Waals surface area contributed by atoms with Crippen LogP contribution in [-0.4, -0.2) is 13.6 Å². The molecule has 0 amide bonds. The van der Waals surface area contributed by atoms with Gasteiger partial charge in [0.1, 0.15) is 13.9 Å². The summed E-state index contributed by atoms with van der Waals surface area (Å²) in [6, 6.07) is 6.40. The first-order valence-electron chi connectivity index (χ1n) is 4.28. The summed E-state index contributed by atoms with van der Waals surface area (Å²) < 4.78 is 12.7. The molecule has 0 spiro atoms. The molecule has 0 aromatic heterocycles. The van der Waals surface area contributed by atoms with E-state index in [0.717, 1.165) is 5.19 Å². The Kier molecular flexibility index (Phi) is 3.67. The fourth-order valence-corrected chi connectivity index (χ4v) is 4.18. The Bertz CT molecular complexity index is 324. The molecule has 3 heteroatoms. The minimum absolute atomic E-state index is 0.237. The van der Waals surface area contributed by atoms with E-state index in [-0.39, 0.29) is 5.82 Å². The van der Waals surface area contributed by atoms with Crippen molar-refractivity contribution < 1.29 is 4.39 Å². The highest BCUT2D eigenvalue weighted by atomic mass is 35.5. The van der Waals surface area contributed by atoms with Crippen LogP contribution in [0.5, 0.6) is 0 Å². The van der Waals surface area contributed by atoms with Gasteiger partial charge < -0.3 is 0 Å². The normalized spacial score (nSPS) is 11.0. The van der Waals surface area contributed by atoms with Gasteiger partial charge in [-0.05, 0) is 17.3 Å². The summed E-state index contributed by atoms with van der Waals surface area (Å²) in [5.41, 5.74) is 4.21. The second kappa shape index (κ2) is 4.58. The average molecular weight is 227 g/mol. The van der Waals surface area contributed by atoms with Gasteiger partial charge in [0.25, 0.3) is 0 Å². The van der Waals surface area contributed by atoms with E-state index in [0.29, 0.717) is 5.50 Å². The molecule has 0 saturated carbocycles. The maximum atomic E-state index is 12.7. The lowest BCUT2D eigenvalue weighted by molar-refractivity contribution is 0.628. The van der Waals surface area contributed by atoms with Gasteiger partial charge in [0.2, 0.25) is 0 Å². The molecule has 0 unspecified atom stereocenters. The van der Waals surface area contributed by atoms with Gasteiger partial charge in [-0.2, -0.15) is 0 Å². The van der Waals surface area contributed by atoms with Crippen molar-refractivity contribution in [3.8, 4) is 0 Å². The van der Waals surface area contributed by atoms with Gasteiger partial charge >= 0.3 is 0 Å². The Morgan fingerprint density at radius 3 is 2.07 bits per heavy atom. The van der Waals surface area contributed by atoms with E-state index in [4.69, 9.17) is 11.6 Å². The number of halogens is 2. The smallest absolute Gasteiger partial charge is 0.147 e.